The second kappa shape index (κ2) is 5.25. The highest BCUT2D eigenvalue weighted by Crippen LogP contribution is 2.21. The monoisotopic (exact) mass is 227 g/mol. The maximum atomic E-state index is 11.9. The van der Waals surface area contributed by atoms with Crippen molar-refractivity contribution in [1.29, 1.82) is 0 Å². The van der Waals surface area contributed by atoms with Crippen molar-refractivity contribution in [3.63, 3.8) is 0 Å². The first-order valence-electron chi connectivity index (χ1n) is 6.17. The van der Waals surface area contributed by atoms with Crippen molar-refractivity contribution in [2.75, 3.05) is 32.8 Å². The van der Waals surface area contributed by atoms with Gasteiger partial charge in [-0.1, -0.05) is 0 Å². The Morgan fingerprint density at radius 3 is 2.94 bits per heavy atom. The molecule has 0 saturated carbocycles. The van der Waals surface area contributed by atoms with Gasteiger partial charge in [-0.15, -0.1) is 0 Å². The number of aliphatic hydroxyl groups is 1. The van der Waals surface area contributed by atoms with Crippen LogP contribution in [-0.4, -0.2) is 54.7 Å². The number of hydrogen-bond donors (Lipinski definition) is 1. The van der Waals surface area contributed by atoms with Crippen LogP contribution in [0.15, 0.2) is 0 Å². The van der Waals surface area contributed by atoms with Crippen LogP contribution in [0.4, 0.5) is 0 Å². The van der Waals surface area contributed by atoms with Crippen LogP contribution in [0.3, 0.4) is 0 Å². The normalized spacial score (nSPS) is 33.1. The van der Waals surface area contributed by atoms with Crippen LogP contribution in [0.1, 0.15) is 19.8 Å². The molecule has 0 amide bonds. The molecular formula is C12H21NO3. The van der Waals surface area contributed by atoms with Crippen molar-refractivity contribution < 1.29 is 14.6 Å². The maximum absolute atomic E-state index is 11.9. The van der Waals surface area contributed by atoms with Gasteiger partial charge in [0, 0.05) is 19.1 Å². The van der Waals surface area contributed by atoms with Crippen molar-refractivity contribution >= 4 is 5.78 Å². The van der Waals surface area contributed by atoms with Gasteiger partial charge in [0.15, 0.2) is 5.78 Å². The van der Waals surface area contributed by atoms with Gasteiger partial charge < -0.3 is 9.84 Å². The molecule has 2 fully saturated rings. The first-order valence-corrected chi connectivity index (χ1v) is 6.17. The molecule has 2 aliphatic heterocycles. The standard InChI is InChI=1S/C12H21NO3/c1-9(14)10-2-4-13(6-10)7-12(15)11-3-5-16-8-11/h9-11,14H,2-8H2,1H3. The zero-order valence-electron chi connectivity index (χ0n) is 9.89. The zero-order chi connectivity index (χ0) is 11.5. The largest absolute Gasteiger partial charge is 0.393 e. The summed E-state index contributed by atoms with van der Waals surface area (Å²) in [6.07, 6.45) is 1.63. The Morgan fingerprint density at radius 2 is 2.38 bits per heavy atom. The van der Waals surface area contributed by atoms with Crippen LogP contribution in [-0.2, 0) is 9.53 Å². The third-order valence-electron chi connectivity index (χ3n) is 3.76. The Kier molecular flexibility index (Phi) is 3.95. The summed E-state index contributed by atoms with van der Waals surface area (Å²) >= 11 is 0. The minimum atomic E-state index is -0.255. The van der Waals surface area contributed by atoms with Crippen LogP contribution < -0.4 is 0 Å². The molecule has 2 heterocycles. The zero-order valence-corrected chi connectivity index (χ0v) is 9.89. The highest BCUT2D eigenvalue weighted by atomic mass is 16.5. The van der Waals surface area contributed by atoms with Crippen molar-refractivity contribution in [3.8, 4) is 0 Å². The van der Waals surface area contributed by atoms with E-state index in [9.17, 15) is 9.90 Å². The average molecular weight is 227 g/mol. The van der Waals surface area contributed by atoms with Crippen LogP contribution in [0, 0.1) is 11.8 Å². The number of carbonyl (C=O) groups excluding carboxylic acids is 1. The molecule has 0 bridgehead atoms. The number of hydrogen-bond acceptors (Lipinski definition) is 4. The van der Waals surface area contributed by atoms with Gasteiger partial charge in [-0.25, -0.2) is 0 Å². The van der Waals surface area contributed by atoms with E-state index in [0.29, 0.717) is 24.9 Å². The predicted molar refractivity (Wildman–Crippen MR) is 60.2 cm³/mol. The highest BCUT2D eigenvalue weighted by molar-refractivity contribution is 5.83. The summed E-state index contributed by atoms with van der Waals surface area (Å²) in [7, 11) is 0. The van der Waals surface area contributed by atoms with Crippen LogP contribution >= 0.6 is 0 Å². The van der Waals surface area contributed by atoms with E-state index in [1.807, 2.05) is 6.92 Å². The number of nitrogens with zero attached hydrogens (tertiary/aromatic N) is 1. The molecule has 4 nitrogen and oxygen atoms in total. The summed E-state index contributed by atoms with van der Waals surface area (Å²) in [5.41, 5.74) is 0. The molecule has 92 valence electrons. The van der Waals surface area contributed by atoms with Gasteiger partial charge in [0.05, 0.1) is 19.3 Å². The second-order valence-electron chi connectivity index (χ2n) is 5.05. The van der Waals surface area contributed by atoms with Gasteiger partial charge in [-0.3, -0.25) is 9.69 Å². The molecule has 0 spiro atoms. The third kappa shape index (κ3) is 2.81. The van der Waals surface area contributed by atoms with Crippen molar-refractivity contribution in [2.24, 2.45) is 11.8 Å². The molecular weight excluding hydrogens is 206 g/mol. The maximum Gasteiger partial charge on any atom is 0.152 e. The van der Waals surface area contributed by atoms with Gasteiger partial charge >= 0.3 is 0 Å². The lowest BCUT2D eigenvalue weighted by Gasteiger charge is -2.18. The number of ketones is 1. The lowest BCUT2D eigenvalue weighted by atomic mass is 10.0. The summed E-state index contributed by atoms with van der Waals surface area (Å²) in [6, 6.07) is 0. The van der Waals surface area contributed by atoms with Crippen molar-refractivity contribution in [2.45, 2.75) is 25.9 Å². The Morgan fingerprint density at radius 1 is 1.56 bits per heavy atom. The molecule has 1 N–H and O–H groups in total. The topological polar surface area (TPSA) is 49.8 Å². The quantitative estimate of drug-likeness (QED) is 0.750. The van der Waals surface area contributed by atoms with Crippen molar-refractivity contribution in [1.82, 2.24) is 4.90 Å². The lowest BCUT2D eigenvalue weighted by molar-refractivity contribution is -0.123. The van der Waals surface area contributed by atoms with Gasteiger partial charge in [-0.2, -0.15) is 0 Å². The molecule has 4 heteroatoms. The number of ether oxygens (including phenoxy) is 1. The molecule has 3 unspecified atom stereocenters. The Bertz CT molecular complexity index is 249. The van der Waals surface area contributed by atoms with E-state index in [4.69, 9.17) is 4.74 Å². The first kappa shape index (κ1) is 12.0. The summed E-state index contributed by atoms with van der Waals surface area (Å²) in [5.74, 6) is 0.766. The number of carbonyl (C=O) groups is 1. The molecule has 3 atom stereocenters. The molecule has 2 aliphatic rings. The Hall–Kier alpha value is -0.450. The van der Waals surface area contributed by atoms with E-state index >= 15 is 0 Å². The summed E-state index contributed by atoms with van der Waals surface area (Å²) in [5, 5.41) is 9.48. The minimum Gasteiger partial charge on any atom is -0.393 e. The molecule has 2 rings (SSSR count). The first-order chi connectivity index (χ1) is 7.66. The average Bonchev–Trinajstić information content (AvgIpc) is 2.87. The van der Waals surface area contributed by atoms with Gasteiger partial charge in [0.2, 0.25) is 0 Å². The molecule has 16 heavy (non-hydrogen) atoms. The molecule has 0 aromatic rings. The van der Waals surface area contributed by atoms with Crippen LogP contribution in [0.25, 0.3) is 0 Å². The Labute approximate surface area is 96.6 Å². The SMILES string of the molecule is CC(O)C1CCN(CC(=O)C2CCOC2)C1. The number of rotatable bonds is 4. The molecule has 0 aromatic carbocycles. The molecule has 0 radical (unpaired) electrons. The molecule has 2 saturated heterocycles. The molecule has 0 aliphatic carbocycles. The summed E-state index contributed by atoms with van der Waals surface area (Å²) in [6.45, 7) is 5.50. The van der Waals surface area contributed by atoms with E-state index < -0.39 is 0 Å². The summed E-state index contributed by atoms with van der Waals surface area (Å²) < 4.78 is 5.22. The fourth-order valence-electron chi connectivity index (χ4n) is 2.54. The van der Waals surface area contributed by atoms with E-state index in [1.165, 1.54) is 0 Å². The van der Waals surface area contributed by atoms with Gasteiger partial charge in [-0.05, 0) is 32.2 Å². The van der Waals surface area contributed by atoms with Crippen LogP contribution in [0.2, 0.25) is 0 Å². The predicted octanol–water partition coefficient (Wildman–Crippen LogP) is 0.295. The van der Waals surface area contributed by atoms with E-state index in [0.717, 1.165) is 32.5 Å². The number of Topliss-reactive ketones (excluding diaryl/α,β-unsaturated/α-hetero) is 1. The van der Waals surface area contributed by atoms with Crippen molar-refractivity contribution in [3.05, 3.63) is 0 Å². The fraction of sp³-hybridized carbons (Fsp3) is 0.917. The highest BCUT2D eigenvalue weighted by Gasteiger charge is 2.30. The van der Waals surface area contributed by atoms with Gasteiger partial charge in [0.1, 0.15) is 0 Å². The number of likely N-dealkylation sites (tertiary alicyclic amines) is 1. The minimum absolute atomic E-state index is 0.116. The lowest BCUT2D eigenvalue weighted by Crippen LogP contribution is -2.33. The second-order valence-corrected chi connectivity index (χ2v) is 5.05. The molecule has 0 aromatic heterocycles. The summed E-state index contributed by atoms with van der Waals surface area (Å²) in [4.78, 5) is 14.1. The fourth-order valence-corrected chi connectivity index (χ4v) is 2.54. The number of aliphatic hydroxyl groups excluding tert-OH is 1. The van der Waals surface area contributed by atoms with Gasteiger partial charge in [0.25, 0.3) is 0 Å². The third-order valence-corrected chi connectivity index (χ3v) is 3.76. The smallest absolute Gasteiger partial charge is 0.152 e. The van der Waals surface area contributed by atoms with Crippen LogP contribution in [0.5, 0.6) is 0 Å². The van der Waals surface area contributed by atoms with E-state index in [1.54, 1.807) is 0 Å². The Balaban J connectivity index is 1.76. The van der Waals surface area contributed by atoms with E-state index in [-0.39, 0.29) is 12.0 Å². The van der Waals surface area contributed by atoms with E-state index in [2.05, 4.69) is 4.90 Å².